The molecule has 1 N–H and O–H groups in total. The van der Waals surface area contributed by atoms with Gasteiger partial charge in [-0.25, -0.2) is 8.94 Å². The molecular formula is C15H10N2O2S. The quantitative estimate of drug-likeness (QED) is 0.692. The van der Waals surface area contributed by atoms with Gasteiger partial charge >= 0.3 is 0 Å². The van der Waals surface area contributed by atoms with Crippen LogP contribution in [0.15, 0.2) is 47.3 Å². The molecule has 0 radical (unpaired) electrons. The zero-order valence-electron chi connectivity index (χ0n) is 10.4. The molecular weight excluding hydrogens is 272 g/mol. The molecule has 2 heterocycles. The first kappa shape index (κ1) is 12.6. The van der Waals surface area contributed by atoms with Gasteiger partial charge in [-0.3, -0.25) is 4.79 Å². The molecule has 0 fully saturated rings. The fourth-order valence-corrected chi connectivity index (χ4v) is 2.83. The number of hydrogen-bond donors (Lipinski definition) is 1. The summed E-state index contributed by atoms with van der Waals surface area (Å²) in [6, 6.07) is 12.8. The molecule has 5 heteroatoms. The van der Waals surface area contributed by atoms with Crippen LogP contribution >= 0.6 is 11.5 Å². The normalized spacial score (nSPS) is 10.2. The van der Waals surface area contributed by atoms with E-state index < -0.39 is 0 Å². The number of aliphatic hydroxyl groups is 1. The predicted molar refractivity (Wildman–Crippen MR) is 79.2 cm³/mol. The monoisotopic (exact) mass is 282 g/mol. The van der Waals surface area contributed by atoms with Crippen molar-refractivity contribution >= 4 is 21.6 Å². The van der Waals surface area contributed by atoms with E-state index in [9.17, 15) is 4.79 Å². The summed E-state index contributed by atoms with van der Waals surface area (Å²) in [6.45, 7) is -0.214. The van der Waals surface area contributed by atoms with E-state index in [0.717, 1.165) is 4.70 Å². The van der Waals surface area contributed by atoms with Crippen molar-refractivity contribution in [3.05, 3.63) is 58.5 Å². The van der Waals surface area contributed by atoms with Crippen molar-refractivity contribution in [3.8, 4) is 17.7 Å². The summed E-state index contributed by atoms with van der Waals surface area (Å²) in [7, 11) is 0. The Bertz CT molecular complexity index is 884. The minimum Gasteiger partial charge on any atom is -0.384 e. The zero-order chi connectivity index (χ0) is 13.9. The Labute approximate surface area is 119 Å². The molecule has 2 aromatic heterocycles. The van der Waals surface area contributed by atoms with Gasteiger partial charge in [-0.05, 0) is 41.7 Å². The molecule has 3 aromatic rings. The second-order valence-corrected chi connectivity index (χ2v) is 5.02. The zero-order valence-corrected chi connectivity index (χ0v) is 11.2. The Kier molecular flexibility index (Phi) is 3.33. The van der Waals surface area contributed by atoms with E-state index >= 15 is 0 Å². The number of fused-ring (bicyclic) bond motifs is 1. The minimum atomic E-state index is -0.214. The number of benzene rings is 1. The molecule has 3 rings (SSSR count). The number of hydrogen-bond acceptors (Lipinski definition) is 4. The molecule has 0 bridgehead atoms. The highest BCUT2D eigenvalue weighted by atomic mass is 32.1. The molecule has 0 amide bonds. The molecule has 0 spiro atoms. The van der Waals surface area contributed by atoms with Crippen LogP contribution in [0.2, 0.25) is 0 Å². The van der Waals surface area contributed by atoms with E-state index in [2.05, 4.69) is 16.8 Å². The van der Waals surface area contributed by atoms with Crippen molar-refractivity contribution in [3.63, 3.8) is 0 Å². The lowest BCUT2D eigenvalue weighted by Gasteiger charge is -1.99. The maximum Gasteiger partial charge on any atom is 0.274 e. The Hall–Kier alpha value is -2.42. The molecule has 20 heavy (non-hydrogen) atoms. The third-order valence-corrected chi connectivity index (χ3v) is 3.82. The van der Waals surface area contributed by atoms with Gasteiger partial charge in [0.25, 0.3) is 5.56 Å². The van der Waals surface area contributed by atoms with E-state index in [1.54, 1.807) is 28.2 Å². The van der Waals surface area contributed by atoms with Crippen LogP contribution in [0.5, 0.6) is 0 Å². The molecule has 0 aliphatic carbocycles. The topological polar surface area (TPSA) is 55.1 Å². The van der Waals surface area contributed by atoms with Crippen molar-refractivity contribution in [2.24, 2.45) is 0 Å². The number of nitrogens with zero attached hydrogens (tertiary/aromatic N) is 2. The maximum atomic E-state index is 12.3. The highest BCUT2D eigenvalue weighted by Gasteiger charge is 2.09. The fourth-order valence-electron chi connectivity index (χ4n) is 1.86. The molecule has 0 unspecified atom stereocenters. The summed E-state index contributed by atoms with van der Waals surface area (Å²) in [5, 5.41) is 9.39. The summed E-state index contributed by atoms with van der Waals surface area (Å²) < 4.78 is 2.47. The molecule has 0 saturated heterocycles. The van der Waals surface area contributed by atoms with Crippen LogP contribution in [0.1, 0.15) is 5.69 Å². The Balaban J connectivity index is 2.16. The molecule has 98 valence electrons. The Morgan fingerprint density at radius 3 is 2.85 bits per heavy atom. The third kappa shape index (κ3) is 2.23. The maximum absolute atomic E-state index is 12.3. The van der Waals surface area contributed by atoms with Crippen LogP contribution in [0.25, 0.3) is 15.9 Å². The first-order valence-corrected chi connectivity index (χ1v) is 6.75. The van der Waals surface area contributed by atoms with Crippen molar-refractivity contribution in [2.75, 3.05) is 6.61 Å². The number of rotatable bonds is 1. The van der Waals surface area contributed by atoms with Crippen LogP contribution in [-0.2, 0) is 0 Å². The first-order chi connectivity index (χ1) is 9.79. The lowest BCUT2D eigenvalue weighted by atomic mass is 10.3. The van der Waals surface area contributed by atoms with E-state index in [1.165, 1.54) is 11.5 Å². The Morgan fingerprint density at radius 1 is 1.20 bits per heavy atom. The van der Waals surface area contributed by atoms with Gasteiger partial charge in [0.05, 0.1) is 10.1 Å². The Morgan fingerprint density at radius 2 is 2.05 bits per heavy atom. The van der Waals surface area contributed by atoms with Crippen LogP contribution in [0.3, 0.4) is 0 Å². The number of aromatic nitrogens is 2. The number of aliphatic hydroxyl groups excluding tert-OH is 1. The van der Waals surface area contributed by atoms with Crippen molar-refractivity contribution in [2.45, 2.75) is 0 Å². The summed E-state index contributed by atoms with van der Waals surface area (Å²) in [5.74, 6) is 5.82. The first-order valence-electron chi connectivity index (χ1n) is 5.98. The van der Waals surface area contributed by atoms with Gasteiger partial charge in [-0.1, -0.05) is 24.1 Å². The van der Waals surface area contributed by atoms with Gasteiger partial charge in [0.15, 0.2) is 5.82 Å². The lowest BCUT2D eigenvalue weighted by Crippen LogP contribution is -2.12. The minimum absolute atomic E-state index is 0.0784. The van der Waals surface area contributed by atoms with Gasteiger partial charge in [0.1, 0.15) is 12.3 Å². The SMILES string of the molecule is O=c1c2ccccc2sn1-c1cccc(C#CCO)n1. The summed E-state index contributed by atoms with van der Waals surface area (Å²) in [6.07, 6.45) is 0. The van der Waals surface area contributed by atoms with Crippen molar-refractivity contribution < 1.29 is 5.11 Å². The molecule has 0 aliphatic heterocycles. The van der Waals surface area contributed by atoms with Crippen LogP contribution < -0.4 is 5.56 Å². The molecule has 0 saturated carbocycles. The van der Waals surface area contributed by atoms with E-state index in [-0.39, 0.29) is 12.2 Å². The van der Waals surface area contributed by atoms with Crippen molar-refractivity contribution in [1.82, 2.24) is 8.94 Å². The molecule has 0 atom stereocenters. The average Bonchev–Trinajstić information content (AvgIpc) is 2.83. The summed E-state index contributed by atoms with van der Waals surface area (Å²) >= 11 is 1.35. The summed E-state index contributed by atoms with van der Waals surface area (Å²) in [4.78, 5) is 16.6. The van der Waals surface area contributed by atoms with Crippen LogP contribution in [-0.4, -0.2) is 20.7 Å². The fraction of sp³-hybridized carbons (Fsp3) is 0.0667. The highest BCUT2D eigenvalue weighted by molar-refractivity contribution is 7.14. The molecule has 1 aromatic carbocycles. The highest BCUT2D eigenvalue weighted by Crippen LogP contribution is 2.18. The lowest BCUT2D eigenvalue weighted by molar-refractivity contribution is 0.350. The van der Waals surface area contributed by atoms with Gasteiger partial charge in [0.2, 0.25) is 0 Å². The molecule has 0 aliphatic rings. The summed E-state index contributed by atoms with van der Waals surface area (Å²) in [5.41, 5.74) is 0.450. The smallest absolute Gasteiger partial charge is 0.274 e. The van der Waals surface area contributed by atoms with Crippen molar-refractivity contribution in [1.29, 1.82) is 0 Å². The van der Waals surface area contributed by atoms with E-state index in [1.807, 2.05) is 18.2 Å². The largest absolute Gasteiger partial charge is 0.384 e. The average molecular weight is 282 g/mol. The van der Waals surface area contributed by atoms with E-state index in [4.69, 9.17) is 5.11 Å². The third-order valence-electron chi connectivity index (χ3n) is 2.73. The second-order valence-electron chi connectivity index (χ2n) is 4.03. The molecule has 4 nitrogen and oxygen atoms in total. The van der Waals surface area contributed by atoms with Gasteiger partial charge in [-0.2, -0.15) is 0 Å². The standard InChI is InChI=1S/C15H10N2O2S/c18-10-4-6-11-5-3-9-14(16-11)17-15(19)12-7-1-2-8-13(12)20-17/h1-3,5,7-9,18H,10H2. The van der Waals surface area contributed by atoms with Gasteiger partial charge < -0.3 is 5.11 Å². The predicted octanol–water partition coefficient (Wildman–Crippen LogP) is 1.79. The van der Waals surface area contributed by atoms with Crippen LogP contribution in [0.4, 0.5) is 0 Å². The van der Waals surface area contributed by atoms with E-state index in [0.29, 0.717) is 16.9 Å². The van der Waals surface area contributed by atoms with Gasteiger partial charge in [0, 0.05) is 0 Å². The second kappa shape index (κ2) is 5.29. The van der Waals surface area contributed by atoms with Crippen LogP contribution in [0, 0.1) is 11.8 Å². The number of pyridine rings is 1. The van der Waals surface area contributed by atoms with Gasteiger partial charge in [-0.15, -0.1) is 0 Å².